The van der Waals surface area contributed by atoms with Gasteiger partial charge in [0.1, 0.15) is 5.82 Å². The summed E-state index contributed by atoms with van der Waals surface area (Å²) in [6, 6.07) is 0. The van der Waals surface area contributed by atoms with E-state index in [-0.39, 0.29) is 0 Å². The van der Waals surface area contributed by atoms with Crippen LogP contribution in [0.2, 0.25) is 0 Å². The van der Waals surface area contributed by atoms with E-state index in [2.05, 4.69) is 21.6 Å². The highest BCUT2D eigenvalue weighted by Crippen LogP contribution is 2.24. The van der Waals surface area contributed by atoms with Gasteiger partial charge in [-0.05, 0) is 18.4 Å². The van der Waals surface area contributed by atoms with Crippen molar-refractivity contribution in [3.8, 4) is 0 Å². The molecule has 0 aliphatic carbocycles. The maximum absolute atomic E-state index is 11.4. The summed E-state index contributed by atoms with van der Waals surface area (Å²) in [5.74, 6) is 1.08. The Morgan fingerprint density at radius 3 is 2.95 bits per heavy atom. The minimum atomic E-state index is -3.24. The molecule has 0 saturated carbocycles. The smallest absolute Gasteiger partial charge is 0.230 e. The number of H-pyrrole nitrogens is 1. The summed E-state index contributed by atoms with van der Waals surface area (Å²) in [7, 11) is -3.24. The van der Waals surface area contributed by atoms with Gasteiger partial charge in [-0.2, -0.15) is 0 Å². The van der Waals surface area contributed by atoms with Crippen LogP contribution in [0.15, 0.2) is 24.4 Å². The van der Waals surface area contributed by atoms with Crippen LogP contribution in [0.1, 0.15) is 25.5 Å². The van der Waals surface area contributed by atoms with E-state index >= 15 is 0 Å². The third-order valence-corrected chi connectivity index (χ3v) is 3.63. The van der Waals surface area contributed by atoms with Crippen molar-refractivity contribution in [1.29, 1.82) is 0 Å². The summed E-state index contributed by atoms with van der Waals surface area (Å²) >= 11 is 0. The SMILES string of the molecule is CCCC1C=C(NS(C)(=O)=O)N(Cc2cnc[nH]2)C1. The van der Waals surface area contributed by atoms with Gasteiger partial charge in [0, 0.05) is 12.7 Å². The van der Waals surface area contributed by atoms with E-state index in [0.717, 1.165) is 25.1 Å². The molecule has 1 aromatic rings. The molecule has 2 heterocycles. The van der Waals surface area contributed by atoms with E-state index in [1.165, 1.54) is 6.26 Å². The van der Waals surface area contributed by atoms with Gasteiger partial charge in [0.25, 0.3) is 0 Å². The Balaban J connectivity index is 2.10. The highest BCUT2D eigenvalue weighted by atomic mass is 32.2. The number of aromatic nitrogens is 2. The fraction of sp³-hybridized carbons (Fsp3) is 0.583. The zero-order valence-corrected chi connectivity index (χ0v) is 12.1. The number of hydrogen-bond donors (Lipinski definition) is 2. The van der Waals surface area contributed by atoms with E-state index in [9.17, 15) is 8.42 Å². The molecule has 0 saturated heterocycles. The molecule has 1 aliphatic heterocycles. The lowest BCUT2D eigenvalue weighted by atomic mass is 10.1. The minimum absolute atomic E-state index is 0.400. The van der Waals surface area contributed by atoms with E-state index in [1.54, 1.807) is 12.5 Å². The average molecular weight is 284 g/mol. The van der Waals surface area contributed by atoms with Crippen molar-refractivity contribution in [2.24, 2.45) is 5.92 Å². The van der Waals surface area contributed by atoms with Crippen LogP contribution in [0.4, 0.5) is 0 Å². The molecule has 1 aliphatic rings. The summed E-state index contributed by atoms with van der Waals surface area (Å²) in [5, 5.41) is 0. The summed E-state index contributed by atoms with van der Waals surface area (Å²) in [5.41, 5.74) is 0.971. The van der Waals surface area contributed by atoms with Gasteiger partial charge in [-0.15, -0.1) is 0 Å². The van der Waals surface area contributed by atoms with Gasteiger partial charge in [0.05, 0.1) is 24.8 Å². The molecule has 0 radical (unpaired) electrons. The van der Waals surface area contributed by atoms with E-state index in [0.29, 0.717) is 18.3 Å². The zero-order valence-electron chi connectivity index (χ0n) is 11.3. The third-order valence-electron chi connectivity index (χ3n) is 3.05. The van der Waals surface area contributed by atoms with Gasteiger partial charge < -0.3 is 9.88 Å². The maximum atomic E-state index is 11.4. The normalized spacial score (nSPS) is 19.6. The summed E-state index contributed by atoms with van der Waals surface area (Å²) in [4.78, 5) is 9.05. The standard InChI is InChI=1S/C12H20N4O2S/c1-3-4-10-5-12(15-19(2,17)18)16(7-10)8-11-6-13-9-14-11/h5-6,9-10,15H,3-4,7-8H2,1-2H3,(H,13,14). The van der Waals surface area contributed by atoms with Crippen LogP contribution in [0.3, 0.4) is 0 Å². The van der Waals surface area contributed by atoms with Crippen molar-refractivity contribution in [2.75, 3.05) is 12.8 Å². The molecule has 2 rings (SSSR count). The van der Waals surface area contributed by atoms with Crippen LogP contribution in [0.25, 0.3) is 0 Å². The first-order valence-corrected chi connectivity index (χ1v) is 8.29. The van der Waals surface area contributed by atoms with Crippen LogP contribution in [0.5, 0.6) is 0 Å². The second-order valence-electron chi connectivity index (χ2n) is 4.93. The Labute approximate surface area is 114 Å². The van der Waals surface area contributed by atoms with Gasteiger partial charge in [-0.25, -0.2) is 13.4 Å². The lowest BCUT2D eigenvalue weighted by molar-refractivity contribution is 0.319. The summed E-state index contributed by atoms with van der Waals surface area (Å²) < 4.78 is 25.4. The number of nitrogens with one attached hydrogen (secondary N) is 2. The fourth-order valence-corrected chi connectivity index (χ4v) is 2.90. The molecule has 0 fully saturated rings. The topological polar surface area (TPSA) is 78.1 Å². The Morgan fingerprint density at radius 1 is 1.58 bits per heavy atom. The molecule has 1 atom stereocenters. The van der Waals surface area contributed by atoms with Crippen molar-refractivity contribution < 1.29 is 8.42 Å². The lowest BCUT2D eigenvalue weighted by Gasteiger charge is -2.22. The highest BCUT2D eigenvalue weighted by molar-refractivity contribution is 7.88. The number of rotatable bonds is 6. The predicted octanol–water partition coefficient (Wildman–Crippen LogP) is 1.03. The van der Waals surface area contributed by atoms with Gasteiger partial charge in [0.2, 0.25) is 10.0 Å². The van der Waals surface area contributed by atoms with E-state index < -0.39 is 10.0 Å². The van der Waals surface area contributed by atoms with Crippen LogP contribution in [-0.2, 0) is 16.6 Å². The van der Waals surface area contributed by atoms with Gasteiger partial charge in [-0.1, -0.05) is 13.3 Å². The third kappa shape index (κ3) is 3.99. The van der Waals surface area contributed by atoms with Crippen molar-refractivity contribution in [3.05, 3.63) is 30.1 Å². The Bertz CT molecular complexity index is 536. The lowest BCUT2D eigenvalue weighted by Crippen LogP contribution is -2.32. The molecule has 0 amide bonds. The highest BCUT2D eigenvalue weighted by Gasteiger charge is 2.25. The molecule has 2 N–H and O–H groups in total. The number of nitrogens with zero attached hydrogens (tertiary/aromatic N) is 2. The first-order chi connectivity index (χ1) is 8.98. The molecule has 19 heavy (non-hydrogen) atoms. The monoisotopic (exact) mass is 284 g/mol. The zero-order chi connectivity index (χ0) is 13.9. The van der Waals surface area contributed by atoms with Crippen molar-refractivity contribution in [3.63, 3.8) is 0 Å². The minimum Gasteiger partial charge on any atom is -0.351 e. The second kappa shape index (κ2) is 5.64. The van der Waals surface area contributed by atoms with Gasteiger partial charge in [0.15, 0.2) is 0 Å². The fourth-order valence-electron chi connectivity index (χ4n) is 2.32. The molecule has 0 spiro atoms. The molecule has 1 aromatic heterocycles. The molecule has 0 bridgehead atoms. The summed E-state index contributed by atoms with van der Waals surface area (Å²) in [6.45, 7) is 3.61. The second-order valence-corrected chi connectivity index (χ2v) is 6.68. The number of imidazole rings is 1. The predicted molar refractivity (Wildman–Crippen MR) is 73.5 cm³/mol. The Kier molecular flexibility index (Phi) is 4.14. The molecule has 106 valence electrons. The first kappa shape index (κ1) is 13.9. The van der Waals surface area contributed by atoms with E-state index in [1.807, 2.05) is 11.0 Å². The van der Waals surface area contributed by atoms with Crippen molar-refractivity contribution in [2.45, 2.75) is 26.3 Å². The molecule has 7 heteroatoms. The van der Waals surface area contributed by atoms with Crippen LogP contribution < -0.4 is 4.72 Å². The van der Waals surface area contributed by atoms with Crippen LogP contribution >= 0.6 is 0 Å². The largest absolute Gasteiger partial charge is 0.351 e. The van der Waals surface area contributed by atoms with Crippen LogP contribution in [0, 0.1) is 5.92 Å². The molecular formula is C12H20N4O2S. The Morgan fingerprint density at radius 2 is 2.37 bits per heavy atom. The van der Waals surface area contributed by atoms with Crippen LogP contribution in [-0.4, -0.2) is 36.1 Å². The molecular weight excluding hydrogens is 264 g/mol. The quantitative estimate of drug-likeness (QED) is 0.818. The first-order valence-electron chi connectivity index (χ1n) is 6.39. The number of sulfonamides is 1. The Hall–Kier alpha value is -1.50. The average Bonchev–Trinajstić information content (AvgIpc) is 2.89. The van der Waals surface area contributed by atoms with Gasteiger partial charge in [-0.3, -0.25) is 4.72 Å². The van der Waals surface area contributed by atoms with E-state index in [4.69, 9.17) is 0 Å². The van der Waals surface area contributed by atoms with Gasteiger partial charge >= 0.3 is 0 Å². The molecule has 6 nitrogen and oxygen atoms in total. The summed E-state index contributed by atoms with van der Waals surface area (Å²) in [6.07, 6.45) is 8.73. The number of hydrogen-bond acceptors (Lipinski definition) is 4. The molecule has 0 aromatic carbocycles. The number of aromatic amines is 1. The van der Waals surface area contributed by atoms with Crippen molar-refractivity contribution in [1.82, 2.24) is 19.6 Å². The van der Waals surface area contributed by atoms with Crippen molar-refractivity contribution >= 4 is 10.0 Å². The maximum Gasteiger partial charge on any atom is 0.230 e. The molecule has 1 unspecified atom stereocenters.